The number of oxazole rings is 1. The highest BCUT2D eigenvalue weighted by atomic mass is 16.3. The molecule has 190 valence electrons. The molecule has 1 aliphatic rings. The lowest BCUT2D eigenvalue weighted by Crippen LogP contribution is -2.42. The number of hydrogen-bond acceptors (Lipinski definition) is 9. The number of aromatic nitrogens is 3. The standard InChI is InChI=1S/C27H28N6O4/c1-18(35)26(36)32-12-11-23-22(16-32)25(33(13-14-34)21-5-3-2-4-6-21)31-27(30-23)29-20-9-7-19(8-10-20)24-15-28-17-37-24/h2-10,15,17-18,34-35H,11-14,16H2,1H3,(H,29,30,31). The van der Waals surface area contributed by atoms with E-state index in [9.17, 15) is 15.0 Å². The summed E-state index contributed by atoms with van der Waals surface area (Å²) in [6.07, 6.45) is 2.48. The van der Waals surface area contributed by atoms with Crippen LogP contribution >= 0.6 is 0 Å². The Kier molecular flexibility index (Phi) is 7.11. The molecule has 4 aromatic rings. The van der Waals surface area contributed by atoms with Gasteiger partial charge in [-0.25, -0.2) is 9.97 Å². The van der Waals surface area contributed by atoms with Gasteiger partial charge in [0.2, 0.25) is 5.95 Å². The first-order valence-electron chi connectivity index (χ1n) is 12.1. The SMILES string of the molecule is CC(O)C(=O)N1CCc2nc(Nc3ccc(-c4cnco4)cc3)nc(N(CCO)c3ccccc3)c2C1. The fourth-order valence-corrected chi connectivity index (χ4v) is 4.40. The van der Waals surface area contributed by atoms with Crippen LogP contribution in [-0.2, 0) is 17.8 Å². The molecule has 0 bridgehead atoms. The monoisotopic (exact) mass is 500 g/mol. The molecule has 3 N–H and O–H groups in total. The summed E-state index contributed by atoms with van der Waals surface area (Å²) in [4.78, 5) is 29.7. The highest BCUT2D eigenvalue weighted by molar-refractivity contribution is 5.81. The predicted octanol–water partition coefficient (Wildman–Crippen LogP) is 3.27. The lowest BCUT2D eigenvalue weighted by atomic mass is 10.0. The van der Waals surface area contributed by atoms with Gasteiger partial charge in [-0.2, -0.15) is 4.98 Å². The Morgan fingerprint density at radius 3 is 2.62 bits per heavy atom. The maximum atomic E-state index is 12.6. The number of anilines is 4. The minimum atomic E-state index is -1.09. The molecule has 1 atom stereocenters. The molecule has 0 spiro atoms. The molecular formula is C27H28N6O4. The summed E-state index contributed by atoms with van der Waals surface area (Å²) < 4.78 is 5.36. The van der Waals surface area contributed by atoms with E-state index in [1.807, 2.05) is 59.5 Å². The van der Waals surface area contributed by atoms with Crippen molar-refractivity contribution in [2.75, 3.05) is 29.9 Å². The van der Waals surface area contributed by atoms with Crippen molar-refractivity contribution in [3.8, 4) is 11.3 Å². The zero-order chi connectivity index (χ0) is 25.8. The second-order valence-electron chi connectivity index (χ2n) is 8.76. The summed E-state index contributed by atoms with van der Waals surface area (Å²) >= 11 is 0. The molecule has 3 heterocycles. The first-order chi connectivity index (χ1) is 18.0. The van der Waals surface area contributed by atoms with Crippen molar-refractivity contribution in [3.05, 3.63) is 78.4 Å². The third-order valence-corrected chi connectivity index (χ3v) is 6.21. The Bertz CT molecular complexity index is 1340. The van der Waals surface area contributed by atoms with Crippen LogP contribution in [0.3, 0.4) is 0 Å². The Hall–Kier alpha value is -4.28. The Morgan fingerprint density at radius 2 is 1.95 bits per heavy atom. The maximum Gasteiger partial charge on any atom is 0.251 e. The molecule has 0 radical (unpaired) electrons. The second kappa shape index (κ2) is 10.8. The van der Waals surface area contributed by atoms with Gasteiger partial charge < -0.3 is 29.7 Å². The van der Waals surface area contributed by atoms with Gasteiger partial charge in [0, 0.05) is 42.0 Å². The molecule has 0 fully saturated rings. The normalized spacial score (nSPS) is 13.6. The van der Waals surface area contributed by atoms with Gasteiger partial charge in [0.15, 0.2) is 12.2 Å². The molecule has 0 saturated carbocycles. The van der Waals surface area contributed by atoms with Crippen molar-refractivity contribution in [2.45, 2.75) is 26.0 Å². The van der Waals surface area contributed by atoms with Gasteiger partial charge in [-0.15, -0.1) is 0 Å². The van der Waals surface area contributed by atoms with Gasteiger partial charge in [-0.1, -0.05) is 18.2 Å². The average molecular weight is 501 g/mol. The van der Waals surface area contributed by atoms with Gasteiger partial charge in [0.25, 0.3) is 5.91 Å². The first-order valence-corrected chi connectivity index (χ1v) is 12.1. The smallest absolute Gasteiger partial charge is 0.251 e. The molecule has 2 aromatic carbocycles. The minimum Gasteiger partial charge on any atom is -0.444 e. The van der Waals surface area contributed by atoms with E-state index in [4.69, 9.17) is 14.4 Å². The zero-order valence-electron chi connectivity index (χ0n) is 20.4. The topological polar surface area (TPSA) is 128 Å². The van der Waals surface area contributed by atoms with Crippen molar-refractivity contribution in [2.24, 2.45) is 0 Å². The van der Waals surface area contributed by atoms with Crippen LogP contribution in [0.15, 0.2) is 71.6 Å². The van der Waals surface area contributed by atoms with Crippen LogP contribution in [0.1, 0.15) is 18.2 Å². The first kappa shape index (κ1) is 24.4. The Labute approximate surface area is 214 Å². The minimum absolute atomic E-state index is 0.0875. The number of para-hydroxylation sites is 1. The summed E-state index contributed by atoms with van der Waals surface area (Å²) in [5, 5.41) is 23.0. The fraction of sp³-hybridized carbons (Fsp3) is 0.259. The summed E-state index contributed by atoms with van der Waals surface area (Å²) in [5.41, 5.74) is 4.17. The van der Waals surface area contributed by atoms with Crippen LogP contribution in [0.25, 0.3) is 11.3 Å². The van der Waals surface area contributed by atoms with Crippen LogP contribution in [0.2, 0.25) is 0 Å². The van der Waals surface area contributed by atoms with Crippen molar-refractivity contribution in [1.29, 1.82) is 0 Å². The van der Waals surface area contributed by atoms with E-state index in [0.717, 1.165) is 28.2 Å². The van der Waals surface area contributed by atoms with E-state index < -0.39 is 6.10 Å². The lowest BCUT2D eigenvalue weighted by Gasteiger charge is -2.33. The van der Waals surface area contributed by atoms with Crippen LogP contribution in [0, 0.1) is 0 Å². The highest BCUT2D eigenvalue weighted by Gasteiger charge is 2.29. The van der Waals surface area contributed by atoms with E-state index in [0.29, 0.717) is 37.0 Å². The summed E-state index contributed by atoms with van der Waals surface area (Å²) in [6.45, 7) is 2.41. The molecule has 37 heavy (non-hydrogen) atoms. The average Bonchev–Trinajstić information content (AvgIpc) is 3.47. The molecule has 2 aromatic heterocycles. The molecule has 1 aliphatic heterocycles. The van der Waals surface area contributed by atoms with Crippen LogP contribution < -0.4 is 10.2 Å². The second-order valence-corrected chi connectivity index (χ2v) is 8.76. The Morgan fingerprint density at radius 1 is 1.16 bits per heavy atom. The van der Waals surface area contributed by atoms with E-state index in [2.05, 4.69) is 10.3 Å². The van der Waals surface area contributed by atoms with Gasteiger partial charge in [-0.05, 0) is 43.3 Å². The number of hydrogen-bond donors (Lipinski definition) is 3. The number of aliphatic hydroxyl groups excluding tert-OH is 2. The van der Waals surface area contributed by atoms with Crippen LogP contribution in [0.4, 0.5) is 23.1 Å². The molecular weight excluding hydrogens is 472 g/mol. The number of carbonyl (C=O) groups is 1. The molecule has 10 heteroatoms. The van der Waals surface area contributed by atoms with Crippen molar-refractivity contribution >= 4 is 29.0 Å². The predicted molar refractivity (Wildman–Crippen MR) is 139 cm³/mol. The third kappa shape index (κ3) is 5.30. The number of nitrogens with zero attached hydrogens (tertiary/aromatic N) is 5. The van der Waals surface area contributed by atoms with E-state index in [1.165, 1.54) is 13.3 Å². The van der Waals surface area contributed by atoms with Crippen LogP contribution in [-0.4, -0.2) is 61.8 Å². The maximum absolute atomic E-state index is 12.6. The molecule has 10 nitrogen and oxygen atoms in total. The van der Waals surface area contributed by atoms with E-state index in [1.54, 1.807) is 11.1 Å². The van der Waals surface area contributed by atoms with Gasteiger partial charge in [0.1, 0.15) is 11.9 Å². The molecule has 1 unspecified atom stereocenters. The van der Waals surface area contributed by atoms with E-state index in [-0.39, 0.29) is 19.1 Å². The number of benzene rings is 2. The summed E-state index contributed by atoms with van der Waals surface area (Å²) in [6, 6.07) is 17.3. The number of rotatable bonds is 8. The molecule has 0 saturated heterocycles. The number of aliphatic hydroxyl groups is 2. The number of fused-ring (bicyclic) bond motifs is 1. The third-order valence-electron chi connectivity index (χ3n) is 6.21. The lowest BCUT2D eigenvalue weighted by molar-refractivity contribution is -0.140. The Balaban J connectivity index is 1.52. The quantitative estimate of drug-likeness (QED) is 0.334. The number of carbonyl (C=O) groups excluding carboxylic acids is 1. The van der Waals surface area contributed by atoms with Gasteiger partial charge in [0.05, 0.1) is 25.0 Å². The van der Waals surface area contributed by atoms with E-state index >= 15 is 0 Å². The molecule has 1 amide bonds. The fourth-order valence-electron chi connectivity index (χ4n) is 4.40. The van der Waals surface area contributed by atoms with Gasteiger partial charge >= 0.3 is 0 Å². The molecule has 5 rings (SSSR count). The number of nitrogens with one attached hydrogen (secondary N) is 1. The summed E-state index contributed by atoms with van der Waals surface area (Å²) in [5.74, 6) is 1.36. The zero-order valence-corrected chi connectivity index (χ0v) is 20.4. The van der Waals surface area contributed by atoms with Crippen molar-refractivity contribution in [1.82, 2.24) is 19.9 Å². The highest BCUT2D eigenvalue weighted by Crippen LogP contribution is 2.33. The number of amides is 1. The van der Waals surface area contributed by atoms with Crippen molar-refractivity contribution in [3.63, 3.8) is 0 Å². The van der Waals surface area contributed by atoms with Gasteiger partial charge in [-0.3, -0.25) is 4.79 Å². The molecule has 0 aliphatic carbocycles. The largest absolute Gasteiger partial charge is 0.444 e. The summed E-state index contributed by atoms with van der Waals surface area (Å²) in [7, 11) is 0. The van der Waals surface area contributed by atoms with Crippen molar-refractivity contribution < 1.29 is 19.4 Å². The van der Waals surface area contributed by atoms with Crippen LogP contribution in [0.5, 0.6) is 0 Å².